The normalized spacial score (nSPS) is 14.9. The fourth-order valence-electron chi connectivity index (χ4n) is 2.08. The molecule has 0 spiro atoms. The van der Waals surface area contributed by atoms with Crippen molar-refractivity contribution in [3.8, 4) is 11.5 Å². The molecule has 6 heteroatoms. The zero-order chi connectivity index (χ0) is 14.5. The highest BCUT2D eigenvalue weighted by Gasteiger charge is 2.18. The highest BCUT2D eigenvalue weighted by molar-refractivity contribution is 9.10. The summed E-state index contributed by atoms with van der Waals surface area (Å²) in [7, 11) is 0. The lowest BCUT2D eigenvalue weighted by Gasteiger charge is -2.20. The Kier molecular flexibility index (Phi) is 5.25. The Labute approximate surface area is 126 Å². The Balaban J connectivity index is 2.07. The average molecular weight is 344 g/mol. The van der Waals surface area contributed by atoms with Crippen LogP contribution >= 0.6 is 15.9 Å². The van der Waals surface area contributed by atoms with E-state index in [9.17, 15) is 4.79 Å². The molecule has 0 saturated carbocycles. The molecule has 0 fully saturated rings. The molecule has 0 bridgehead atoms. The highest BCUT2D eigenvalue weighted by atomic mass is 79.9. The third kappa shape index (κ3) is 3.64. The number of fused-ring (bicyclic) bond motifs is 1. The van der Waals surface area contributed by atoms with E-state index in [2.05, 4.69) is 21.2 Å². The van der Waals surface area contributed by atoms with Gasteiger partial charge in [-0.05, 0) is 24.1 Å². The summed E-state index contributed by atoms with van der Waals surface area (Å²) in [5, 5.41) is 12.2. The van der Waals surface area contributed by atoms with E-state index in [0.717, 1.165) is 22.2 Å². The summed E-state index contributed by atoms with van der Waals surface area (Å²) in [5.41, 5.74) is 0.955. The Morgan fingerprint density at radius 1 is 1.40 bits per heavy atom. The summed E-state index contributed by atoms with van der Waals surface area (Å²) in [6.45, 7) is 3.52. The molecule has 0 radical (unpaired) electrons. The van der Waals surface area contributed by atoms with Gasteiger partial charge in [0.15, 0.2) is 11.5 Å². The average Bonchev–Trinajstić information content (AvgIpc) is 2.43. The van der Waals surface area contributed by atoms with Crippen molar-refractivity contribution in [1.29, 1.82) is 0 Å². The predicted molar refractivity (Wildman–Crippen MR) is 78.3 cm³/mol. The van der Waals surface area contributed by atoms with Gasteiger partial charge < -0.3 is 19.9 Å². The van der Waals surface area contributed by atoms with Crippen LogP contribution in [0.4, 0.5) is 0 Å². The van der Waals surface area contributed by atoms with Gasteiger partial charge in [0.2, 0.25) is 0 Å². The Morgan fingerprint density at radius 3 is 2.65 bits per heavy atom. The summed E-state index contributed by atoms with van der Waals surface area (Å²) in [4.78, 5) is 11.1. The van der Waals surface area contributed by atoms with Gasteiger partial charge in [0.05, 0.1) is 0 Å². The number of hydrogen-bond donors (Lipinski definition) is 2. The molecule has 0 aromatic heterocycles. The van der Waals surface area contributed by atoms with Gasteiger partial charge in [0, 0.05) is 11.0 Å². The van der Waals surface area contributed by atoms with Crippen molar-refractivity contribution in [3.05, 3.63) is 22.2 Å². The summed E-state index contributed by atoms with van der Waals surface area (Å²) in [6, 6.07) is 3.22. The van der Waals surface area contributed by atoms with Gasteiger partial charge >= 0.3 is 5.97 Å². The van der Waals surface area contributed by atoms with Crippen molar-refractivity contribution in [2.24, 2.45) is 0 Å². The van der Waals surface area contributed by atoms with Crippen molar-refractivity contribution in [2.75, 3.05) is 13.2 Å². The second kappa shape index (κ2) is 6.95. The van der Waals surface area contributed by atoms with Gasteiger partial charge in [-0.3, -0.25) is 4.79 Å². The summed E-state index contributed by atoms with van der Waals surface area (Å²) < 4.78 is 11.9. The second-order valence-electron chi connectivity index (χ2n) is 4.65. The number of carbonyl (C=O) groups is 1. The van der Waals surface area contributed by atoms with Crippen LogP contribution in [0.2, 0.25) is 0 Å². The molecular weight excluding hydrogens is 326 g/mol. The van der Waals surface area contributed by atoms with Crippen LogP contribution < -0.4 is 14.8 Å². The molecule has 0 amide bonds. The maximum absolute atomic E-state index is 11.1. The quantitative estimate of drug-likeness (QED) is 0.830. The molecule has 1 atom stereocenters. The number of ether oxygens (including phenoxy) is 2. The van der Waals surface area contributed by atoms with Crippen LogP contribution in [0.1, 0.15) is 25.3 Å². The van der Waals surface area contributed by atoms with Crippen LogP contribution in [-0.2, 0) is 11.3 Å². The summed E-state index contributed by atoms with van der Waals surface area (Å²) in [5.74, 6) is 0.606. The fraction of sp³-hybridized carbons (Fsp3) is 0.500. The number of aliphatic carboxylic acids is 1. The van der Waals surface area contributed by atoms with Crippen molar-refractivity contribution < 1.29 is 19.4 Å². The smallest absolute Gasteiger partial charge is 0.320 e. The van der Waals surface area contributed by atoms with Crippen molar-refractivity contribution >= 4 is 21.9 Å². The van der Waals surface area contributed by atoms with Gasteiger partial charge in [-0.2, -0.15) is 0 Å². The Morgan fingerprint density at radius 2 is 2.05 bits per heavy atom. The number of hydrogen-bond acceptors (Lipinski definition) is 4. The molecule has 1 aliphatic heterocycles. The molecule has 110 valence electrons. The largest absolute Gasteiger partial charge is 0.486 e. The molecular formula is C14H18BrNO4. The number of carboxylic acids is 1. The minimum atomic E-state index is -0.819. The standard InChI is InChI=1S/C14H18BrNO4/c1-2-3-11(14(17)18)16-8-9-6-12-13(7-10(9)15)20-5-4-19-12/h6-7,11,16H,2-5,8H2,1H3,(H,17,18)/t11-/m1/s1. The highest BCUT2D eigenvalue weighted by Crippen LogP contribution is 2.35. The maximum Gasteiger partial charge on any atom is 0.320 e. The van der Waals surface area contributed by atoms with E-state index in [0.29, 0.717) is 31.9 Å². The first-order valence-corrected chi connectivity index (χ1v) is 7.45. The summed E-state index contributed by atoms with van der Waals surface area (Å²) >= 11 is 3.48. The molecule has 2 rings (SSSR count). The van der Waals surface area contributed by atoms with Crippen molar-refractivity contribution in [1.82, 2.24) is 5.32 Å². The predicted octanol–water partition coefficient (Wildman–Crippen LogP) is 2.56. The maximum atomic E-state index is 11.1. The van der Waals surface area contributed by atoms with E-state index in [-0.39, 0.29) is 0 Å². The Hall–Kier alpha value is -1.27. The molecule has 1 aromatic rings. The van der Waals surface area contributed by atoms with Gasteiger partial charge in [-0.25, -0.2) is 0 Å². The monoisotopic (exact) mass is 343 g/mol. The lowest BCUT2D eigenvalue weighted by Crippen LogP contribution is -2.36. The van der Waals surface area contributed by atoms with E-state index in [4.69, 9.17) is 14.6 Å². The molecule has 1 aromatic carbocycles. The van der Waals surface area contributed by atoms with Crippen LogP contribution in [0.5, 0.6) is 11.5 Å². The first-order valence-electron chi connectivity index (χ1n) is 6.66. The van der Waals surface area contributed by atoms with Crippen LogP contribution in [-0.4, -0.2) is 30.3 Å². The lowest BCUT2D eigenvalue weighted by atomic mass is 10.1. The van der Waals surface area contributed by atoms with Crippen molar-refractivity contribution in [2.45, 2.75) is 32.4 Å². The van der Waals surface area contributed by atoms with Crippen molar-refractivity contribution in [3.63, 3.8) is 0 Å². The number of benzene rings is 1. The van der Waals surface area contributed by atoms with Gasteiger partial charge in [-0.15, -0.1) is 0 Å². The molecule has 0 aliphatic carbocycles. The van der Waals surface area contributed by atoms with Gasteiger partial charge in [-0.1, -0.05) is 29.3 Å². The fourth-order valence-corrected chi connectivity index (χ4v) is 2.54. The first kappa shape index (κ1) is 15.1. The number of carboxylic acid groups (broad SMARTS) is 1. The molecule has 2 N–H and O–H groups in total. The van der Waals surface area contributed by atoms with Gasteiger partial charge in [0.1, 0.15) is 19.3 Å². The zero-order valence-electron chi connectivity index (χ0n) is 11.3. The number of halogens is 1. The van der Waals surface area contributed by atoms with E-state index in [1.165, 1.54) is 0 Å². The minimum Gasteiger partial charge on any atom is -0.486 e. The molecule has 1 aliphatic rings. The first-order chi connectivity index (χ1) is 9.61. The minimum absolute atomic E-state index is 0.466. The summed E-state index contributed by atoms with van der Waals surface area (Å²) in [6.07, 6.45) is 1.43. The van der Waals surface area contributed by atoms with E-state index in [1.807, 2.05) is 19.1 Å². The Bertz CT molecular complexity index is 492. The lowest BCUT2D eigenvalue weighted by molar-refractivity contribution is -0.139. The molecule has 1 heterocycles. The molecule has 0 unspecified atom stereocenters. The van der Waals surface area contributed by atoms with Crippen LogP contribution in [0.3, 0.4) is 0 Å². The molecule has 5 nitrogen and oxygen atoms in total. The number of nitrogens with one attached hydrogen (secondary N) is 1. The topological polar surface area (TPSA) is 67.8 Å². The third-order valence-electron chi connectivity index (χ3n) is 3.13. The van der Waals surface area contributed by atoms with E-state index >= 15 is 0 Å². The van der Waals surface area contributed by atoms with Crippen LogP contribution in [0.15, 0.2) is 16.6 Å². The van der Waals surface area contributed by atoms with Gasteiger partial charge in [0.25, 0.3) is 0 Å². The number of rotatable bonds is 6. The SMILES string of the molecule is CCC[C@@H](NCc1cc2c(cc1Br)OCCO2)C(=O)O. The molecule has 0 saturated heterocycles. The van der Waals surface area contributed by atoms with Crippen LogP contribution in [0, 0.1) is 0 Å². The van der Waals surface area contributed by atoms with E-state index < -0.39 is 12.0 Å². The molecule has 20 heavy (non-hydrogen) atoms. The van der Waals surface area contributed by atoms with E-state index in [1.54, 1.807) is 0 Å². The second-order valence-corrected chi connectivity index (χ2v) is 5.50. The zero-order valence-corrected chi connectivity index (χ0v) is 12.9. The third-order valence-corrected chi connectivity index (χ3v) is 3.86. The van der Waals surface area contributed by atoms with Crippen LogP contribution in [0.25, 0.3) is 0 Å².